The first-order chi connectivity index (χ1) is 14.3. The maximum absolute atomic E-state index is 13.1. The molecule has 0 saturated heterocycles. The zero-order valence-corrected chi connectivity index (χ0v) is 17.3. The van der Waals surface area contributed by atoms with Crippen molar-refractivity contribution in [2.75, 3.05) is 6.54 Å². The predicted molar refractivity (Wildman–Crippen MR) is 118 cm³/mol. The molecule has 29 heavy (non-hydrogen) atoms. The molecule has 4 heterocycles. The van der Waals surface area contributed by atoms with Crippen LogP contribution in [-0.4, -0.2) is 27.1 Å². The van der Waals surface area contributed by atoms with Gasteiger partial charge < -0.3 is 4.90 Å². The van der Waals surface area contributed by atoms with Crippen molar-refractivity contribution in [3.63, 3.8) is 0 Å². The molecule has 5 rings (SSSR count). The van der Waals surface area contributed by atoms with Crippen LogP contribution < -0.4 is 0 Å². The number of para-hydroxylation sites is 1. The fourth-order valence-corrected chi connectivity index (χ4v) is 5.47. The maximum Gasteiger partial charge on any atom is 0.247 e. The molecular weight excluding hydrogens is 398 g/mol. The quantitative estimate of drug-likeness (QED) is 0.429. The Labute approximate surface area is 177 Å². The van der Waals surface area contributed by atoms with Gasteiger partial charge >= 0.3 is 0 Å². The Balaban J connectivity index is 1.38. The zero-order valence-electron chi connectivity index (χ0n) is 15.6. The molecule has 0 saturated carbocycles. The minimum Gasteiger partial charge on any atom is -0.327 e. The Morgan fingerprint density at radius 3 is 2.79 bits per heavy atom. The van der Waals surface area contributed by atoms with E-state index < -0.39 is 0 Å². The van der Waals surface area contributed by atoms with Gasteiger partial charge in [0.2, 0.25) is 5.91 Å². The number of carbonyl (C=O) groups excluding carboxylic acids is 1. The number of rotatable bonds is 4. The molecule has 0 spiro atoms. The van der Waals surface area contributed by atoms with E-state index in [4.69, 9.17) is 0 Å². The lowest BCUT2D eigenvalue weighted by molar-refractivity contribution is -0.127. The minimum atomic E-state index is 0.00851. The predicted octanol–water partition coefficient (Wildman–Crippen LogP) is 5.18. The van der Waals surface area contributed by atoms with E-state index in [0.717, 1.165) is 24.2 Å². The molecule has 0 radical (unpaired) electrons. The van der Waals surface area contributed by atoms with E-state index >= 15 is 0 Å². The summed E-state index contributed by atoms with van der Waals surface area (Å²) in [6.45, 7) is 0.739. The molecule has 1 amide bonds. The van der Waals surface area contributed by atoms with E-state index in [1.165, 1.54) is 15.3 Å². The lowest BCUT2D eigenvalue weighted by Gasteiger charge is -2.34. The van der Waals surface area contributed by atoms with Crippen molar-refractivity contribution >= 4 is 34.7 Å². The Morgan fingerprint density at radius 2 is 1.97 bits per heavy atom. The lowest BCUT2D eigenvalue weighted by atomic mass is 9.98. The van der Waals surface area contributed by atoms with Crippen LogP contribution in [0.4, 0.5) is 0 Å². The van der Waals surface area contributed by atoms with Crippen molar-refractivity contribution in [2.24, 2.45) is 0 Å². The van der Waals surface area contributed by atoms with Crippen LogP contribution in [0.3, 0.4) is 0 Å². The van der Waals surface area contributed by atoms with Gasteiger partial charge in [-0.1, -0.05) is 24.3 Å². The van der Waals surface area contributed by atoms with Gasteiger partial charge in [-0.3, -0.25) is 4.79 Å². The molecule has 1 atom stereocenters. The van der Waals surface area contributed by atoms with Crippen molar-refractivity contribution in [1.29, 1.82) is 0 Å². The summed E-state index contributed by atoms with van der Waals surface area (Å²) in [6, 6.07) is 16.3. The van der Waals surface area contributed by atoms with E-state index in [9.17, 15) is 4.79 Å². The highest BCUT2D eigenvalue weighted by Crippen LogP contribution is 2.39. The number of fused-ring (bicyclic) bond motifs is 1. The number of thiophene rings is 2. The summed E-state index contributed by atoms with van der Waals surface area (Å²) in [6.07, 6.45) is 8.15. The highest BCUT2D eigenvalue weighted by atomic mass is 32.1. The molecule has 1 aliphatic rings. The van der Waals surface area contributed by atoms with E-state index in [-0.39, 0.29) is 11.9 Å². The largest absolute Gasteiger partial charge is 0.327 e. The van der Waals surface area contributed by atoms with Gasteiger partial charge in [-0.2, -0.15) is 5.10 Å². The van der Waals surface area contributed by atoms with Gasteiger partial charge in [-0.05, 0) is 53.1 Å². The van der Waals surface area contributed by atoms with E-state index in [2.05, 4.69) is 34.1 Å². The molecule has 4 aromatic rings. The molecule has 1 unspecified atom stereocenters. The zero-order chi connectivity index (χ0) is 19.6. The van der Waals surface area contributed by atoms with Crippen molar-refractivity contribution in [3.8, 4) is 5.69 Å². The van der Waals surface area contributed by atoms with Gasteiger partial charge in [0, 0.05) is 34.1 Å². The number of hydrogen-bond acceptors (Lipinski definition) is 4. The summed E-state index contributed by atoms with van der Waals surface area (Å²) in [5, 5.41) is 8.61. The van der Waals surface area contributed by atoms with Crippen LogP contribution in [0.2, 0.25) is 0 Å². The average Bonchev–Trinajstić information content (AvgIpc) is 3.53. The van der Waals surface area contributed by atoms with E-state index in [1.807, 2.05) is 52.2 Å². The standard InChI is InChI=1S/C23H19N3OS2/c27-22(9-8-17-15-24-26(16-17)18-5-2-1-3-6-18)25-12-10-20-19(11-14-29-20)23(25)21-7-4-13-28-21/h1-9,11,13-16,23H,10,12H2. The Hall–Kier alpha value is -2.96. The van der Waals surface area contributed by atoms with Crippen LogP contribution in [0.25, 0.3) is 11.8 Å². The summed E-state index contributed by atoms with van der Waals surface area (Å²) < 4.78 is 1.82. The molecule has 3 aromatic heterocycles. The molecule has 1 aliphatic heterocycles. The van der Waals surface area contributed by atoms with Gasteiger partial charge in [-0.25, -0.2) is 4.68 Å². The van der Waals surface area contributed by atoms with Gasteiger partial charge in [-0.15, -0.1) is 22.7 Å². The SMILES string of the molecule is O=C(C=Cc1cnn(-c2ccccc2)c1)N1CCc2sccc2C1c1cccs1. The summed E-state index contributed by atoms with van der Waals surface area (Å²) in [5.41, 5.74) is 3.17. The normalized spacial score (nSPS) is 16.3. The monoisotopic (exact) mass is 417 g/mol. The van der Waals surface area contributed by atoms with Gasteiger partial charge in [0.05, 0.1) is 17.9 Å². The molecular formula is C23H19N3OS2. The number of amides is 1. The summed E-state index contributed by atoms with van der Waals surface area (Å²) in [7, 11) is 0. The first-order valence-electron chi connectivity index (χ1n) is 9.48. The highest BCUT2D eigenvalue weighted by molar-refractivity contribution is 7.10. The molecule has 0 bridgehead atoms. The van der Waals surface area contributed by atoms with Crippen LogP contribution in [0.5, 0.6) is 0 Å². The van der Waals surface area contributed by atoms with Crippen molar-refractivity contribution in [2.45, 2.75) is 12.5 Å². The summed E-state index contributed by atoms with van der Waals surface area (Å²) in [5.74, 6) is 0.0349. The van der Waals surface area contributed by atoms with Crippen LogP contribution in [0, 0.1) is 0 Å². The van der Waals surface area contributed by atoms with Crippen LogP contribution in [0.15, 0.2) is 77.8 Å². The number of carbonyl (C=O) groups is 1. The van der Waals surface area contributed by atoms with Gasteiger partial charge in [0.15, 0.2) is 0 Å². The van der Waals surface area contributed by atoms with Crippen molar-refractivity contribution in [1.82, 2.24) is 14.7 Å². The number of aromatic nitrogens is 2. The van der Waals surface area contributed by atoms with Gasteiger partial charge in [0.25, 0.3) is 0 Å². The number of hydrogen-bond donors (Lipinski definition) is 0. The summed E-state index contributed by atoms with van der Waals surface area (Å²) >= 11 is 3.49. The molecule has 144 valence electrons. The second-order valence-electron chi connectivity index (χ2n) is 6.89. The van der Waals surface area contributed by atoms with Crippen molar-refractivity contribution in [3.05, 3.63) is 98.6 Å². The lowest BCUT2D eigenvalue weighted by Crippen LogP contribution is -2.38. The topological polar surface area (TPSA) is 38.1 Å². The maximum atomic E-state index is 13.1. The highest BCUT2D eigenvalue weighted by Gasteiger charge is 2.32. The van der Waals surface area contributed by atoms with Gasteiger partial charge in [0.1, 0.15) is 0 Å². The second kappa shape index (κ2) is 7.81. The fourth-order valence-electron chi connectivity index (χ4n) is 3.72. The van der Waals surface area contributed by atoms with Crippen molar-refractivity contribution < 1.29 is 4.79 Å². The second-order valence-corrected chi connectivity index (χ2v) is 8.87. The average molecular weight is 418 g/mol. The molecule has 0 aliphatic carbocycles. The first kappa shape index (κ1) is 18.1. The Bertz CT molecular complexity index is 1140. The van der Waals surface area contributed by atoms with Crippen LogP contribution in [-0.2, 0) is 11.2 Å². The molecule has 0 fully saturated rings. The van der Waals surface area contributed by atoms with Crippen LogP contribution in [0.1, 0.15) is 26.9 Å². The third-order valence-electron chi connectivity index (χ3n) is 5.10. The Kier molecular flexibility index (Phi) is 4.87. The molecule has 1 aromatic carbocycles. The van der Waals surface area contributed by atoms with E-state index in [1.54, 1.807) is 34.9 Å². The molecule has 6 heteroatoms. The number of nitrogens with zero attached hydrogens (tertiary/aromatic N) is 3. The molecule has 0 N–H and O–H groups in total. The summed E-state index contributed by atoms with van der Waals surface area (Å²) in [4.78, 5) is 17.7. The third kappa shape index (κ3) is 3.57. The first-order valence-corrected chi connectivity index (χ1v) is 11.2. The molecule has 4 nitrogen and oxygen atoms in total. The fraction of sp³-hybridized carbons (Fsp3) is 0.130. The Morgan fingerprint density at radius 1 is 1.07 bits per heavy atom. The number of benzene rings is 1. The van der Waals surface area contributed by atoms with E-state index in [0.29, 0.717) is 0 Å². The smallest absolute Gasteiger partial charge is 0.247 e. The minimum absolute atomic E-state index is 0.00851. The van der Waals surface area contributed by atoms with Crippen LogP contribution >= 0.6 is 22.7 Å². The third-order valence-corrected chi connectivity index (χ3v) is 7.02.